The van der Waals surface area contributed by atoms with Crippen LogP contribution in [0.5, 0.6) is 0 Å². The lowest BCUT2D eigenvalue weighted by atomic mass is 9.76. The molecule has 1 unspecified atom stereocenters. The van der Waals surface area contributed by atoms with Gasteiger partial charge in [0.1, 0.15) is 13.2 Å². The molecule has 0 aromatic heterocycles. The molecule has 0 saturated carbocycles. The molecule has 0 radical (unpaired) electrons. The average molecular weight is 626 g/mol. The van der Waals surface area contributed by atoms with Crippen molar-refractivity contribution in [2.24, 2.45) is 45.0 Å². The second kappa shape index (κ2) is 20.8. The summed E-state index contributed by atoms with van der Waals surface area (Å²) in [6.45, 7) is 30.5. The van der Waals surface area contributed by atoms with Crippen LogP contribution >= 0.6 is 0 Å². The minimum absolute atomic E-state index is 0.132. The summed E-state index contributed by atoms with van der Waals surface area (Å²) < 4.78 is 25.3. The third kappa shape index (κ3) is 16.2. The van der Waals surface area contributed by atoms with E-state index in [-0.39, 0.29) is 30.6 Å². The van der Waals surface area contributed by atoms with Gasteiger partial charge in [0.2, 0.25) is 0 Å². The van der Waals surface area contributed by atoms with Gasteiger partial charge < -0.3 is 28.6 Å². The summed E-state index contributed by atoms with van der Waals surface area (Å²) in [6.07, 6.45) is 3.61. The third-order valence-electron chi connectivity index (χ3n) is 7.94. The lowest BCUT2D eigenvalue weighted by Crippen LogP contribution is -2.31. The molecular formula is C34H63N3O7. The molecule has 1 atom stereocenters. The van der Waals surface area contributed by atoms with Crippen molar-refractivity contribution >= 4 is 23.8 Å². The van der Waals surface area contributed by atoms with Crippen molar-refractivity contribution in [2.45, 2.75) is 101 Å². The lowest BCUT2D eigenvalue weighted by Gasteiger charge is -2.33. The highest BCUT2D eigenvalue weighted by molar-refractivity contribution is 5.97. The molecule has 5 aliphatic rings. The van der Waals surface area contributed by atoms with Crippen LogP contribution in [-0.4, -0.2) is 94.1 Å². The van der Waals surface area contributed by atoms with Crippen molar-refractivity contribution in [2.75, 3.05) is 59.3 Å². The van der Waals surface area contributed by atoms with E-state index >= 15 is 0 Å². The highest BCUT2D eigenvalue weighted by Crippen LogP contribution is 2.33. The summed E-state index contributed by atoms with van der Waals surface area (Å²) in [5.74, 6) is 4.56. The van der Waals surface area contributed by atoms with Crippen LogP contribution in [-0.2, 0) is 28.5 Å². The molecule has 0 spiro atoms. The maximum absolute atomic E-state index is 10.7. The predicted octanol–water partition coefficient (Wildman–Crippen LogP) is 6.65. The van der Waals surface area contributed by atoms with Crippen LogP contribution in [0.4, 0.5) is 4.79 Å². The molecule has 0 aromatic rings. The molecule has 5 heterocycles. The zero-order valence-electron chi connectivity index (χ0n) is 29.6. The van der Waals surface area contributed by atoms with Gasteiger partial charge >= 0.3 is 6.09 Å². The van der Waals surface area contributed by atoms with E-state index in [0.29, 0.717) is 23.8 Å². The van der Waals surface area contributed by atoms with Crippen LogP contribution < -0.4 is 0 Å². The van der Waals surface area contributed by atoms with Crippen molar-refractivity contribution < 1.29 is 33.3 Å². The number of ether oxygens (including phenoxy) is 5. The molecule has 256 valence electrons. The van der Waals surface area contributed by atoms with Crippen LogP contribution in [0, 0.1) is 35.0 Å². The SMILES string of the molecule is CC(C)(C)C1CCOCC1.CC(C)C1=NC(=O)CO1.CC(C)C1=NCCO1.CC(C)C1CCOC1.CC(C)N1CCOC1=O. The molecule has 0 bridgehead atoms. The molecule has 5 rings (SSSR count). The van der Waals surface area contributed by atoms with Gasteiger partial charge in [-0.15, -0.1) is 0 Å². The van der Waals surface area contributed by atoms with E-state index in [9.17, 15) is 9.59 Å². The predicted molar refractivity (Wildman–Crippen MR) is 176 cm³/mol. The minimum Gasteiger partial charge on any atom is -0.479 e. The van der Waals surface area contributed by atoms with Crippen LogP contribution in [0.15, 0.2) is 9.98 Å². The van der Waals surface area contributed by atoms with Crippen molar-refractivity contribution in [1.82, 2.24) is 4.90 Å². The molecule has 0 aromatic carbocycles. The molecular weight excluding hydrogens is 562 g/mol. The lowest BCUT2D eigenvalue weighted by molar-refractivity contribution is -0.118. The second-order valence-corrected chi connectivity index (χ2v) is 14.0. The first-order valence-corrected chi connectivity index (χ1v) is 16.6. The number of rotatable bonds is 4. The molecule has 3 saturated heterocycles. The Morgan fingerprint density at radius 3 is 1.61 bits per heavy atom. The van der Waals surface area contributed by atoms with E-state index < -0.39 is 0 Å². The molecule has 10 nitrogen and oxygen atoms in total. The van der Waals surface area contributed by atoms with Crippen molar-refractivity contribution in [3.63, 3.8) is 0 Å². The van der Waals surface area contributed by atoms with E-state index in [1.54, 1.807) is 4.90 Å². The fourth-order valence-corrected chi connectivity index (χ4v) is 4.84. The zero-order valence-corrected chi connectivity index (χ0v) is 29.6. The Kier molecular flexibility index (Phi) is 18.8. The molecule has 5 aliphatic heterocycles. The van der Waals surface area contributed by atoms with Crippen LogP contribution in [0.2, 0.25) is 0 Å². The molecule has 3 fully saturated rings. The average Bonchev–Trinajstić information content (AvgIpc) is 3.78. The van der Waals surface area contributed by atoms with Gasteiger partial charge in [-0.3, -0.25) is 9.79 Å². The number of hydrogen-bond donors (Lipinski definition) is 0. The highest BCUT2D eigenvalue weighted by atomic mass is 16.6. The van der Waals surface area contributed by atoms with E-state index in [2.05, 4.69) is 58.5 Å². The number of hydrogen-bond acceptors (Lipinski definition) is 8. The van der Waals surface area contributed by atoms with E-state index in [1.807, 2.05) is 27.7 Å². The smallest absolute Gasteiger partial charge is 0.410 e. The topological polar surface area (TPSA) is 108 Å². The van der Waals surface area contributed by atoms with Crippen molar-refractivity contribution in [3.8, 4) is 0 Å². The van der Waals surface area contributed by atoms with Crippen molar-refractivity contribution in [1.29, 1.82) is 0 Å². The van der Waals surface area contributed by atoms with Gasteiger partial charge in [0.25, 0.3) is 5.91 Å². The molecule has 2 amide bonds. The first-order chi connectivity index (χ1) is 20.6. The molecule has 0 N–H and O–H groups in total. The summed E-state index contributed by atoms with van der Waals surface area (Å²) in [6, 6.07) is 0.278. The van der Waals surface area contributed by atoms with Crippen molar-refractivity contribution in [3.05, 3.63) is 0 Å². The molecule has 10 heteroatoms. The molecule has 44 heavy (non-hydrogen) atoms. The second-order valence-electron chi connectivity index (χ2n) is 14.0. The van der Waals surface area contributed by atoms with Gasteiger partial charge in [-0.1, -0.05) is 62.3 Å². The monoisotopic (exact) mass is 625 g/mol. The summed E-state index contributed by atoms with van der Waals surface area (Å²) in [4.78, 5) is 30.6. The number of carbonyl (C=O) groups is 2. The Labute approximate surface area is 267 Å². The van der Waals surface area contributed by atoms with Crippen LogP contribution in [0.1, 0.15) is 95.4 Å². The Hall–Kier alpha value is -2.20. The summed E-state index contributed by atoms with van der Waals surface area (Å²) in [7, 11) is 0. The van der Waals surface area contributed by atoms with Crippen LogP contribution in [0.25, 0.3) is 0 Å². The van der Waals surface area contributed by atoms with Gasteiger partial charge in [-0.05, 0) is 56.3 Å². The first kappa shape index (κ1) is 39.8. The summed E-state index contributed by atoms with van der Waals surface area (Å²) in [5.41, 5.74) is 0.490. The van der Waals surface area contributed by atoms with E-state index in [1.165, 1.54) is 19.3 Å². The standard InChI is InChI=1S/C9H18O.C7H14O.C6H11NO2.C6H9NO2.C6H11NO/c1-9(2,3)8-4-6-10-7-5-8;1-6(2)7-3-4-8-5-7;1-5(2)7-3-4-9-6(7)8;1-4(2)6-7-5(8)3-9-6;1-5(2)6-7-3-4-8-6/h8H,4-7H2,1-3H3;6-7H,3-5H2,1-2H3;5H,3-4H2,1-2H3;4H,3H2,1-2H3;5H,3-4H2,1-2H3. The number of carbonyl (C=O) groups excluding carboxylic acids is 2. The number of aliphatic imine (C=N–C) groups is 2. The Bertz CT molecular complexity index is 882. The first-order valence-electron chi connectivity index (χ1n) is 16.6. The fraction of sp³-hybridized carbons (Fsp3) is 0.882. The normalized spacial score (nSPS) is 21.6. The van der Waals surface area contributed by atoms with Gasteiger partial charge in [0.05, 0.1) is 13.1 Å². The van der Waals surface area contributed by atoms with Gasteiger partial charge in [0.15, 0.2) is 18.4 Å². The fourth-order valence-electron chi connectivity index (χ4n) is 4.84. The Balaban J connectivity index is 0.000000276. The number of cyclic esters (lactones) is 1. The Morgan fingerprint density at radius 2 is 1.36 bits per heavy atom. The summed E-state index contributed by atoms with van der Waals surface area (Å²) >= 11 is 0. The minimum atomic E-state index is -0.176. The maximum Gasteiger partial charge on any atom is 0.410 e. The van der Waals surface area contributed by atoms with Gasteiger partial charge in [-0.2, -0.15) is 4.99 Å². The maximum atomic E-state index is 10.7. The number of nitrogens with zero attached hydrogens (tertiary/aromatic N) is 3. The third-order valence-corrected chi connectivity index (χ3v) is 7.94. The van der Waals surface area contributed by atoms with Gasteiger partial charge in [-0.25, -0.2) is 4.79 Å². The van der Waals surface area contributed by atoms with Crippen LogP contribution in [0.3, 0.4) is 0 Å². The Morgan fingerprint density at radius 1 is 0.750 bits per heavy atom. The quantitative estimate of drug-likeness (QED) is 0.344. The van der Waals surface area contributed by atoms with E-state index in [0.717, 1.165) is 69.8 Å². The highest BCUT2D eigenvalue weighted by Gasteiger charge is 2.26. The number of amides is 2. The zero-order chi connectivity index (χ0) is 33.3. The largest absolute Gasteiger partial charge is 0.479 e. The van der Waals surface area contributed by atoms with Gasteiger partial charge in [0, 0.05) is 44.3 Å². The molecule has 0 aliphatic carbocycles. The van der Waals surface area contributed by atoms with E-state index in [4.69, 9.17) is 23.7 Å². The summed E-state index contributed by atoms with van der Waals surface area (Å²) in [5, 5.41) is 0.